The number of morpholine rings is 1. The third-order valence-electron chi connectivity index (χ3n) is 2.91. The van der Waals surface area contributed by atoms with E-state index in [1.54, 1.807) is 12.1 Å². The molecule has 0 atom stereocenters. The summed E-state index contributed by atoms with van der Waals surface area (Å²) >= 11 is 0. The van der Waals surface area contributed by atoms with Crippen LogP contribution >= 0.6 is 12.4 Å². The standard InChI is InChI=1S/C12H18N6O3S.ClH/c13-11(14)17-12(15)16-9-2-1-3-10(8-9)22(19,20)18-4-6-21-7-5-18;/h1-3,8H,4-7H2,(H6,13,14,15,16,17);1H. The molecule has 2 rings (SSSR count). The van der Waals surface area contributed by atoms with Crippen LogP contribution in [0.5, 0.6) is 0 Å². The summed E-state index contributed by atoms with van der Waals surface area (Å²) < 4.78 is 31.6. The van der Waals surface area contributed by atoms with Crippen LogP contribution in [-0.4, -0.2) is 50.9 Å². The van der Waals surface area contributed by atoms with Crippen molar-refractivity contribution in [2.45, 2.75) is 4.90 Å². The Morgan fingerprint density at radius 2 is 1.83 bits per heavy atom. The van der Waals surface area contributed by atoms with E-state index < -0.39 is 10.0 Å². The fraction of sp³-hybridized carbons (Fsp3) is 0.333. The second-order valence-electron chi connectivity index (χ2n) is 4.52. The first kappa shape index (κ1) is 19.2. The van der Waals surface area contributed by atoms with Crippen molar-refractivity contribution < 1.29 is 13.2 Å². The Morgan fingerprint density at radius 3 is 2.43 bits per heavy atom. The van der Waals surface area contributed by atoms with E-state index in [0.717, 1.165) is 0 Å². The molecule has 9 nitrogen and oxygen atoms in total. The van der Waals surface area contributed by atoms with Crippen molar-refractivity contribution in [1.29, 1.82) is 0 Å². The Labute approximate surface area is 140 Å². The van der Waals surface area contributed by atoms with Gasteiger partial charge in [0.15, 0.2) is 5.96 Å². The molecule has 0 aromatic heterocycles. The van der Waals surface area contributed by atoms with E-state index in [9.17, 15) is 8.42 Å². The first-order valence-corrected chi connectivity index (χ1v) is 7.95. The Kier molecular flexibility index (Phi) is 6.76. The van der Waals surface area contributed by atoms with Gasteiger partial charge in [-0.2, -0.15) is 9.30 Å². The number of sulfonamides is 1. The van der Waals surface area contributed by atoms with Gasteiger partial charge in [-0.15, -0.1) is 12.4 Å². The predicted octanol–water partition coefficient (Wildman–Crippen LogP) is -0.651. The maximum Gasteiger partial charge on any atom is 0.243 e. The number of guanidine groups is 2. The summed E-state index contributed by atoms with van der Waals surface area (Å²) in [6, 6.07) is 6.10. The molecule has 1 aromatic carbocycles. The number of rotatable bonds is 3. The molecule has 0 saturated carbocycles. The highest BCUT2D eigenvalue weighted by atomic mass is 35.5. The van der Waals surface area contributed by atoms with Crippen molar-refractivity contribution in [3.8, 4) is 0 Å². The van der Waals surface area contributed by atoms with Crippen LogP contribution in [-0.2, 0) is 14.8 Å². The van der Waals surface area contributed by atoms with Gasteiger partial charge in [-0.25, -0.2) is 13.4 Å². The van der Waals surface area contributed by atoms with Crippen LogP contribution in [0, 0.1) is 0 Å². The lowest BCUT2D eigenvalue weighted by Crippen LogP contribution is -2.40. The molecular weight excluding hydrogens is 344 g/mol. The number of ether oxygens (including phenoxy) is 1. The van der Waals surface area contributed by atoms with Gasteiger partial charge in [0.05, 0.1) is 23.8 Å². The van der Waals surface area contributed by atoms with Crippen molar-refractivity contribution in [2.75, 3.05) is 26.3 Å². The van der Waals surface area contributed by atoms with Crippen LogP contribution in [0.3, 0.4) is 0 Å². The van der Waals surface area contributed by atoms with E-state index in [0.29, 0.717) is 32.0 Å². The maximum atomic E-state index is 12.5. The van der Waals surface area contributed by atoms with Gasteiger partial charge in [0.1, 0.15) is 0 Å². The molecule has 0 amide bonds. The van der Waals surface area contributed by atoms with Crippen molar-refractivity contribution in [1.82, 2.24) is 4.31 Å². The molecule has 0 unspecified atom stereocenters. The molecule has 128 valence electrons. The molecule has 0 bridgehead atoms. The molecule has 0 spiro atoms. The zero-order valence-corrected chi connectivity index (χ0v) is 13.9. The largest absolute Gasteiger partial charge is 0.379 e. The average Bonchev–Trinajstić information content (AvgIpc) is 2.47. The lowest BCUT2D eigenvalue weighted by Gasteiger charge is -2.26. The maximum absolute atomic E-state index is 12.5. The normalized spacial score (nSPS) is 16.4. The molecule has 1 fully saturated rings. The fourth-order valence-electron chi connectivity index (χ4n) is 1.94. The lowest BCUT2D eigenvalue weighted by atomic mass is 10.3. The smallest absolute Gasteiger partial charge is 0.243 e. The summed E-state index contributed by atoms with van der Waals surface area (Å²) in [6.45, 7) is 1.42. The fourth-order valence-corrected chi connectivity index (χ4v) is 3.39. The quantitative estimate of drug-likeness (QED) is 0.480. The third kappa shape index (κ3) is 5.06. The van der Waals surface area contributed by atoms with Gasteiger partial charge in [0, 0.05) is 13.1 Å². The Hall–Kier alpha value is -1.88. The second kappa shape index (κ2) is 8.11. The Bertz CT molecular complexity index is 697. The SMILES string of the molecule is Cl.NC(N)=NC(N)=Nc1cccc(S(=O)(=O)N2CCOCC2)c1. The highest BCUT2D eigenvalue weighted by molar-refractivity contribution is 7.89. The predicted molar refractivity (Wildman–Crippen MR) is 90.4 cm³/mol. The highest BCUT2D eigenvalue weighted by Gasteiger charge is 2.26. The Balaban J connectivity index is 0.00000264. The van der Waals surface area contributed by atoms with Crippen molar-refractivity contribution in [2.24, 2.45) is 27.2 Å². The summed E-state index contributed by atoms with van der Waals surface area (Å²) in [4.78, 5) is 7.67. The van der Waals surface area contributed by atoms with E-state index in [2.05, 4.69) is 9.98 Å². The van der Waals surface area contributed by atoms with Crippen LogP contribution < -0.4 is 17.2 Å². The van der Waals surface area contributed by atoms with E-state index in [1.807, 2.05) is 0 Å². The van der Waals surface area contributed by atoms with Gasteiger partial charge in [-0.1, -0.05) is 6.07 Å². The van der Waals surface area contributed by atoms with Gasteiger partial charge in [-0.3, -0.25) is 0 Å². The third-order valence-corrected chi connectivity index (χ3v) is 4.81. The number of hydrogen-bond acceptors (Lipinski definition) is 4. The zero-order chi connectivity index (χ0) is 16.2. The summed E-state index contributed by atoms with van der Waals surface area (Å²) in [5.74, 6) is -0.376. The molecule has 1 saturated heterocycles. The van der Waals surface area contributed by atoms with Crippen LogP contribution in [0.2, 0.25) is 0 Å². The van der Waals surface area contributed by atoms with Crippen molar-refractivity contribution >= 4 is 40.0 Å². The number of aliphatic imine (C=N–C) groups is 2. The number of halogens is 1. The number of nitrogens with zero attached hydrogens (tertiary/aromatic N) is 3. The molecule has 0 radical (unpaired) electrons. The minimum Gasteiger partial charge on any atom is -0.379 e. The zero-order valence-electron chi connectivity index (χ0n) is 12.3. The van der Waals surface area contributed by atoms with E-state index in [1.165, 1.54) is 16.4 Å². The molecule has 0 aliphatic carbocycles. The summed E-state index contributed by atoms with van der Waals surface area (Å²) in [5.41, 5.74) is 16.3. The summed E-state index contributed by atoms with van der Waals surface area (Å²) in [6.07, 6.45) is 0. The molecule has 1 aliphatic rings. The van der Waals surface area contributed by atoms with Crippen LogP contribution in [0.15, 0.2) is 39.1 Å². The molecule has 1 aromatic rings. The molecule has 11 heteroatoms. The van der Waals surface area contributed by atoms with Gasteiger partial charge in [0.2, 0.25) is 16.0 Å². The minimum atomic E-state index is -3.59. The summed E-state index contributed by atoms with van der Waals surface area (Å²) in [5, 5.41) is 0. The van der Waals surface area contributed by atoms with Gasteiger partial charge >= 0.3 is 0 Å². The van der Waals surface area contributed by atoms with E-state index >= 15 is 0 Å². The average molecular weight is 363 g/mol. The van der Waals surface area contributed by atoms with Crippen molar-refractivity contribution in [3.05, 3.63) is 24.3 Å². The van der Waals surface area contributed by atoms with Crippen LogP contribution in [0.4, 0.5) is 5.69 Å². The Morgan fingerprint density at radius 1 is 1.17 bits per heavy atom. The first-order chi connectivity index (χ1) is 10.4. The molecule has 1 aliphatic heterocycles. The summed E-state index contributed by atoms with van der Waals surface area (Å²) in [7, 11) is -3.59. The van der Waals surface area contributed by atoms with Gasteiger partial charge < -0.3 is 21.9 Å². The lowest BCUT2D eigenvalue weighted by molar-refractivity contribution is 0.0730. The second-order valence-corrected chi connectivity index (χ2v) is 6.46. The monoisotopic (exact) mass is 362 g/mol. The van der Waals surface area contributed by atoms with Crippen LogP contribution in [0.1, 0.15) is 0 Å². The molecular formula is C12H19ClN6O3S. The van der Waals surface area contributed by atoms with E-state index in [-0.39, 0.29) is 29.2 Å². The highest BCUT2D eigenvalue weighted by Crippen LogP contribution is 2.22. The number of nitrogens with two attached hydrogens (primary N) is 3. The topological polar surface area (TPSA) is 149 Å². The van der Waals surface area contributed by atoms with Gasteiger partial charge in [-0.05, 0) is 18.2 Å². The first-order valence-electron chi connectivity index (χ1n) is 6.51. The molecule has 6 N–H and O–H groups in total. The minimum absolute atomic E-state index is 0. The number of benzene rings is 1. The van der Waals surface area contributed by atoms with Gasteiger partial charge in [0.25, 0.3) is 0 Å². The van der Waals surface area contributed by atoms with Crippen LogP contribution in [0.25, 0.3) is 0 Å². The van der Waals surface area contributed by atoms with Crippen molar-refractivity contribution in [3.63, 3.8) is 0 Å². The molecule has 1 heterocycles. The van der Waals surface area contributed by atoms with E-state index in [4.69, 9.17) is 21.9 Å². The number of hydrogen-bond donors (Lipinski definition) is 3. The molecule has 23 heavy (non-hydrogen) atoms.